The Labute approximate surface area is 191 Å². The number of urea groups is 1. The Bertz CT molecular complexity index is 951. The molecule has 2 N–H and O–H groups in total. The van der Waals surface area contributed by atoms with Crippen LogP contribution in [0.1, 0.15) is 56.8 Å². The van der Waals surface area contributed by atoms with Crippen LogP contribution in [0, 0.1) is 25.7 Å². The van der Waals surface area contributed by atoms with Crippen molar-refractivity contribution >= 4 is 17.8 Å². The third kappa shape index (κ3) is 4.66. The van der Waals surface area contributed by atoms with E-state index in [-0.39, 0.29) is 30.3 Å². The SMILES string of the molecule is Cc1ccc([C@@H]2NC(=O)N(C)C3=C2C(=O)N([C@H](CC(C)C)C(=O)NCC(C)C)C3)c(C)c1. The van der Waals surface area contributed by atoms with Crippen LogP contribution in [0.5, 0.6) is 0 Å². The van der Waals surface area contributed by atoms with Gasteiger partial charge in [0.25, 0.3) is 5.91 Å². The molecule has 0 bridgehead atoms. The number of hydrogen-bond acceptors (Lipinski definition) is 3. The van der Waals surface area contributed by atoms with E-state index in [2.05, 4.69) is 16.7 Å². The quantitative estimate of drug-likeness (QED) is 0.683. The fourth-order valence-corrected chi connectivity index (χ4v) is 4.47. The number of nitrogens with zero attached hydrogens (tertiary/aromatic N) is 2. The van der Waals surface area contributed by atoms with Crippen molar-refractivity contribution in [2.45, 2.75) is 60.0 Å². The van der Waals surface area contributed by atoms with Gasteiger partial charge in [-0.25, -0.2) is 4.79 Å². The Morgan fingerprint density at radius 1 is 1.16 bits per heavy atom. The lowest BCUT2D eigenvalue weighted by Crippen LogP contribution is -2.50. The van der Waals surface area contributed by atoms with E-state index >= 15 is 0 Å². The number of likely N-dealkylation sites (N-methyl/N-ethyl adjacent to an activating group) is 1. The predicted molar refractivity (Wildman–Crippen MR) is 125 cm³/mol. The second-order valence-electron chi connectivity index (χ2n) is 9.88. The molecule has 32 heavy (non-hydrogen) atoms. The van der Waals surface area contributed by atoms with Gasteiger partial charge in [-0.3, -0.25) is 14.5 Å². The summed E-state index contributed by atoms with van der Waals surface area (Å²) in [4.78, 5) is 42.7. The summed E-state index contributed by atoms with van der Waals surface area (Å²) in [5.74, 6) is 0.247. The van der Waals surface area contributed by atoms with Crippen LogP contribution in [0.2, 0.25) is 0 Å². The minimum Gasteiger partial charge on any atom is -0.354 e. The number of rotatable bonds is 7. The molecule has 0 fully saturated rings. The zero-order chi connectivity index (χ0) is 23.7. The number of nitrogens with one attached hydrogen (secondary N) is 2. The van der Waals surface area contributed by atoms with Crippen molar-refractivity contribution in [2.24, 2.45) is 11.8 Å². The number of carbonyl (C=O) groups excluding carboxylic acids is 3. The fourth-order valence-electron chi connectivity index (χ4n) is 4.47. The fraction of sp³-hybridized carbons (Fsp3) is 0.560. The van der Waals surface area contributed by atoms with Gasteiger partial charge in [-0.2, -0.15) is 0 Å². The van der Waals surface area contributed by atoms with Gasteiger partial charge in [0, 0.05) is 13.6 Å². The summed E-state index contributed by atoms with van der Waals surface area (Å²) >= 11 is 0. The Morgan fingerprint density at radius 3 is 2.44 bits per heavy atom. The van der Waals surface area contributed by atoms with E-state index in [4.69, 9.17) is 0 Å². The number of benzene rings is 1. The molecule has 0 aromatic heterocycles. The molecule has 2 heterocycles. The van der Waals surface area contributed by atoms with Gasteiger partial charge in [-0.05, 0) is 43.2 Å². The summed E-state index contributed by atoms with van der Waals surface area (Å²) in [6.45, 7) is 13.0. The number of amides is 4. The summed E-state index contributed by atoms with van der Waals surface area (Å²) in [7, 11) is 1.68. The topological polar surface area (TPSA) is 81.8 Å². The highest BCUT2D eigenvalue weighted by Gasteiger charge is 2.46. The summed E-state index contributed by atoms with van der Waals surface area (Å²) in [5, 5.41) is 5.99. The molecule has 4 amide bonds. The lowest BCUT2D eigenvalue weighted by atomic mass is 9.91. The number of carbonyl (C=O) groups is 3. The van der Waals surface area contributed by atoms with Crippen LogP contribution in [0.3, 0.4) is 0 Å². The summed E-state index contributed by atoms with van der Waals surface area (Å²) in [6.07, 6.45) is 0.565. The standard InChI is InChI=1S/C25H36N4O3/c1-14(2)10-19(23(30)26-12-15(3)4)29-13-20-21(24(29)31)22(27-25(32)28(20)7)18-9-8-16(5)11-17(18)6/h8-9,11,14-15,19,22H,10,12-13H2,1-7H3,(H,26,30)(H,27,32)/t19-,22+/m1/s1. The molecule has 2 aliphatic rings. The minimum absolute atomic E-state index is 0.134. The molecule has 0 radical (unpaired) electrons. The van der Waals surface area contributed by atoms with E-state index in [1.165, 1.54) is 4.90 Å². The third-order valence-electron chi connectivity index (χ3n) is 6.18. The van der Waals surface area contributed by atoms with Crippen molar-refractivity contribution in [3.63, 3.8) is 0 Å². The molecule has 2 aliphatic heterocycles. The van der Waals surface area contributed by atoms with Gasteiger partial charge < -0.3 is 15.5 Å². The molecule has 0 unspecified atom stereocenters. The van der Waals surface area contributed by atoms with E-state index in [0.29, 0.717) is 30.2 Å². The molecule has 7 nitrogen and oxygen atoms in total. The number of hydrogen-bond donors (Lipinski definition) is 2. The molecule has 0 saturated carbocycles. The summed E-state index contributed by atoms with van der Waals surface area (Å²) in [6, 6.07) is 4.68. The zero-order valence-electron chi connectivity index (χ0n) is 20.3. The normalized spacial score (nSPS) is 19.6. The van der Waals surface area contributed by atoms with Crippen LogP contribution in [0.15, 0.2) is 29.5 Å². The van der Waals surface area contributed by atoms with Gasteiger partial charge in [0.2, 0.25) is 5.91 Å². The van der Waals surface area contributed by atoms with Crippen molar-refractivity contribution in [1.29, 1.82) is 0 Å². The van der Waals surface area contributed by atoms with Crippen LogP contribution < -0.4 is 10.6 Å². The first kappa shape index (κ1) is 23.8. The van der Waals surface area contributed by atoms with Crippen molar-refractivity contribution in [3.05, 3.63) is 46.2 Å². The van der Waals surface area contributed by atoms with Gasteiger partial charge in [-0.1, -0.05) is 51.5 Å². The zero-order valence-corrected chi connectivity index (χ0v) is 20.3. The van der Waals surface area contributed by atoms with Crippen LogP contribution in [0.25, 0.3) is 0 Å². The van der Waals surface area contributed by atoms with Gasteiger partial charge >= 0.3 is 6.03 Å². The Balaban J connectivity index is 1.97. The molecular formula is C25H36N4O3. The Morgan fingerprint density at radius 2 is 1.84 bits per heavy atom. The highest BCUT2D eigenvalue weighted by atomic mass is 16.2. The predicted octanol–water partition coefficient (Wildman–Crippen LogP) is 3.28. The monoisotopic (exact) mass is 440 g/mol. The van der Waals surface area contributed by atoms with E-state index in [1.807, 2.05) is 53.7 Å². The largest absolute Gasteiger partial charge is 0.354 e. The second kappa shape index (κ2) is 9.35. The molecule has 0 spiro atoms. The molecule has 7 heteroatoms. The molecule has 1 aromatic rings. The highest BCUT2D eigenvalue weighted by molar-refractivity contribution is 6.03. The average molecular weight is 441 g/mol. The lowest BCUT2D eigenvalue weighted by molar-refractivity contribution is -0.137. The molecule has 0 saturated heterocycles. The first-order chi connectivity index (χ1) is 15.0. The third-order valence-corrected chi connectivity index (χ3v) is 6.18. The average Bonchev–Trinajstić information content (AvgIpc) is 3.04. The summed E-state index contributed by atoms with van der Waals surface area (Å²) in [5.41, 5.74) is 4.28. The Kier molecular flexibility index (Phi) is 6.96. The van der Waals surface area contributed by atoms with Gasteiger partial charge in [-0.15, -0.1) is 0 Å². The van der Waals surface area contributed by atoms with Crippen molar-refractivity contribution in [1.82, 2.24) is 20.4 Å². The van der Waals surface area contributed by atoms with Crippen LogP contribution in [-0.4, -0.2) is 53.8 Å². The maximum Gasteiger partial charge on any atom is 0.322 e. The van der Waals surface area contributed by atoms with E-state index in [1.54, 1.807) is 11.9 Å². The first-order valence-corrected chi connectivity index (χ1v) is 11.4. The molecular weight excluding hydrogens is 404 g/mol. The van der Waals surface area contributed by atoms with Crippen LogP contribution >= 0.6 is 0 Å². The van der Waals surface area contributed by atoms with Crippen LogP contribution in [-0.2, 0) is 9.59 Å². The molecule has 0 aliphatic carbocycles. The maximum absolute atomic E-state index is 13.7. The van der Waals surface area contributed by atoms with E-state index in [0.717, 1.165) is 16.7 Å². The minimum atomic E-state index is -0.574. The van der Waals surface area contributed by atoms with Crippen molar-refractivity contribution in [2.75, 3.05) is 20.1 Å². The Hall–Kier alpha value is -2.83. The maximum atomic E-state index is 13.7. The molecule has 1 aromatic carbocycles. The van der Waals surface area contributed by atoms with Crippen LogP contribution in [0.4, 0.5) is 4.79 Å². The second-order valence-corrected chi connectivity index (χ2v) is 9.88. The van der Waals surface area contributed by atoms with Gasteiger partial charge in [0.05, 0.1) is 23.9 Å². The van der Waals surface area contributed by atoms with Crippen molar-refractivity contribution < 1.29 is 14.4 Å². The van der Waals surface area contributed by atoms with E-state index < -0.39 is 12.1 Å². The highest BCUT2D eigenvalue weighted by Crippen LogP contribution is 2.38. The van der Waals surface area contributed by atoms with Crippen molar-refractivity contribution in [3.8, 4) is 0 Å². The first-order valence-electron chi connectivity index (χ1n) is 11.4. The molecule has 3 rings (SSSR count). The lowest BCUT2D eigenvalue weighted by Gasteiger charge is -2.31. The van der Waals surface area contributed by atoms with Gasteiger partial charge in [0.15, 0.2) is 0 Å². The van der Waals surface area contributed by atoms with E-state index in [9.17, 15) is 14.4 Å². The molecule has 174 valence electrons. The summed E-state index contributed by atoms with van der Waals surface area (Å²) < 4.78 is 0. The number of aryl methyl sites for hydroxylation is 2. The van der Waals surface area contributed by atoms with Gasteiger partial charge in [0.1, 0.15) is 6.04 Å². The molecule has 2 atom stereocenters. The smallest absolute Gasteiger partial charge is 0.322 e.